The van der Waals surface area contributed by atoms with Crippen molar-refractivity contribution < 1.29 is 18.4 Å². The molecule has 3 aliphatic rings. The van der Waals surface area contributed by atoms with E-state index in [1.165, 1.54) is 40.0 Å². The lowest BCUT2D eigenvalue weighted by Crippen LogP contribution is -2.62. The molecule has 0 radical (unpaired) electrons. The van der Waals surface area contributed by atoms with Gasteiger partial charge >= 0.3 is 0 Å². The van der Waals surface area contributed by atoms with Crippen molar-refractivity contribution >= 4 is 45.8 Å². The Labute approximate surface area is 210 Å². The third-order valence-corrected chi connectivity index (χ3v) is 9.29. The summed E-state index contributed by atoms with van der Waals surface area (Å²) in [7, 11) is 3.47. The van der Waals surface area contributed by atoms with Crippen LogP contribution < -0.4 is 4.90 Å². The standard InChI is InChI=1S/C25H21FN4O3S2/c1-28-14-18(19-7-3-4-10-27-19)25(22(32)30(23(34)35-25)13-16-6-5-11-33-16)24(28)17-12-15(26)8-9-20(17)29(2)21(24)31/h3-12,18H,13-14H2,1-2H3/t18-,24-,25+/m1/s1. The van der Waals surface area contributed by atoms with Crippen LogP contribution in [-0.2, 0) is 21.7 Å². The van der Waals surface area contributed by atoms with Gasteiger partial charge in [0.2, 0.25) is 5.91 Å². The van der Waals surface area contributed by atoms with Crippen molar-refractivity contribution in [3.63, 3.8) is 0 Å². The Bertz CT molecular complexity index is 1370. The van der Waals surface area contributed by atoms with E-state index in [0.29, 0.717) is 33.6 Å². The number of thiocarbonyl (C=S) groups is 1. The largest absolute Gasteiger partial charge is 0.467 e. The number of amides is 2. The highest BCUT2D eigenvalue weighted by Crippen LogP contribution is 2.66. The van der Waals surface area contributed by atoms with E-state index in [1.807, 2.05) is 24.1 Å². The van der Waals surface area contributed by atoms with Crippen LogP contribution in [0.3, 0.4) is 0 Å². The fraction of sp³-hybridized carbons (Fsp3) is 0.280. The molecule has 2 fully saturated rings. The van der Waals surface area contributed by atoms with Gasteiger partial charge in [0.15, 0.2) is 5.54 Å². The predicted molar refractivity (Wildman–Crippen MR) is 133 cm³/mol. The maximum Gasteiger partial charge on any atom is 0.254 e. The van der Waals surface area contributed by atoms with E-state index in [-0.39, 0.29) is 18.4 Å². The minimum atomic E-state index is -1.47. The quantitative estimate of drug-likeness (QED) is 0.502. The molecule has 2 saturated heterocycles. The van der Waals surface area contributed by atoms with Gasteiger partial charge in [-0.05, 0) is 49.5 Å². The Morgan fingerprint density at radius 1 is 1.17 bits per heavy atom. The first-order valence-electron chi connectivity index (χ1n) is 11.1. The van der Waals surface area contributed by atoms with Crippen molar-refractivity contribution in [3.8, 4) is 0 Å². The zero-order chi connectivity index (χ0) is 24.5. The second-order valence-electron chi connectivity index (χ2n) is 9.00. The van der Waals surface area contributed by atoms with Crippen LogP contribution in [0, 0.1) is 5.82 Å². The second-order valence-corrected chi connectivity index (χ2v) is 10.9. The highest BCUT2D eigenvalue weighted by atomic mass is 32.2. The van der Waals surface area contributed by atoms with Gasteiger partial charge in [-0.2, -0.15) is 0 Å². The molecule has 0 bridgehead atoms. The number of hydrogen-bond acceptors (Lipinski definition) is 7. The van der Waals surface area contributed by atoms with Crippen LogP contribution in [0.1, 0.15) is 22.9 Å². The van der Waals surface area contributed by atoms with Crippen molar-refractivity contribution in [2.24, 2.45) is 0 Å². The summed E-state index contributed by atoms with van der Waals surface area (Å²) in [5.41, 5.74) is 0.257. The number of hydrogen-bond donors (Lipinski definition) is 0. The zero-order valence-corrected chi connectivity index (χ0v) is 20.6. The summed E-state index contributed by atoms with van der Waals surface area (Å²) < 4.78 is 19.1. The van der Waals surface area contributed by atoms with Crippen molar-refractivity contribution in [1.82, 2.24) is 14.8 Å². The van der Waals surface area contributed by atoms with Gasteiger partial charge in [-0.25, -0.2) is 4.39 Å². The maximum atomic E-state index is 14.7. The molecule has 10 heteroatoms. The highest BCUT2D eigenvalue weighted by molar-refractivity contribution is 8.25. The van der Waals surface area contributed by atoms with Crippen molar-refractivity contribution in [2.45, 2.75) is 22.7 Å². The third-order valence-electron chi connectivity index (χ3n) is 7.35. The molecular formula is C25H21FN4O3S2. The number of carbonyl (C=O) groups excluding carboxylic acids is 2. The van der Waals surface area contributed by atoms with Gasteiger partial charge in [-0.1, -0.05) is 30.0 Å². The number of likely N-dealkylation sites (N-methyl/N-ethyl adjacent to an activating group) is 2. The first kappa shape index (κ1) is 22.4. The monoisotopic (exact) mass is 508 g/mol. The van der Waals surface area contributed by atoms with Crippen molar-refractivity contribution in [3.05, 3.63) is 83.8 Å². The van der Waals surface area contributed by atoms with Crippen LogP contribution in [0.2, 0.25) is 0 Å². The lowest BCUT2D eigenvalue weighted by Gasteiger charge is -2.42. The van der Waals surface area contributed by atoms with E-state index in [4.69, 9.17) is 16.6 Å². The Morgan fingerprint density at radius 3 is 2.71 bits per heavy atom. The molecule has 3 atom stereocenters. The molecule has 0 saturated carbocycles. The molecule has 6 rings (SSSR count). The van der Waals surface area contributed by atoms with Crippen LogP contribution in [0.4, 0.5) is 10.1 Å². The molecule has 35 heavy (non-hydrogen) atoms. The zero-order valence-electron chi connectivity index (χ0n) is 19.0. The van der Waals surface area contributed by atoms with Crippen LogP contribution in [0.5, 0.6) is 0 Å². The number of aromatic nitrogens is 1. The molecular weight excluding hydrogens is 487 g/mol. The number of rotatable bonds is 3. The minimum Gasteiger partial charge on any atom is -0.467 e. The SMILES string of the molecule is CN1C(=O)[C@@]2(c3cc(F)ccc31)N(C)C[C@H](c1ccccn1)[C@@]21SC(=S)N(Cc2ccco2)C1=O. The lowest BCUT2D eigenvalue weighted by molar-refractivity contribution is -0.139. The predicted octanol–water partition coefficient (Wildman–Crippen LogP) is 3.51. The summed E-state index contributed by atoms with van der Waals surface area (Å²) in [6, 6.07) is 13.4. The second kappa shape index (κ2) is 7.71. The summed E-state index contributed by atoms with van der Waals surface area (Å²) in [6.45, 7) is 0.511. The molecule has 3 aromatic rings. The molecule has 0 N–H and O–H groups in total. The molecule has 2 aromatic heterocycles. The van der Waals surface area contributed by atoms with E-state index in [2.05, 4.69) is 4.98 Å². The van der Waals surface area contributed by atoms with Crippen LogP contribution >= 0.6 is 24.0 Å². The summed E-state index contributed by atoms with van der Waals surface area (Å²) in [5, 5.41) is 0. The molecule has 0 aliphatic carbocycles. The van der Waals surface area contributed by atoms with Crippen molar-refractivity contribution in [2.75, 3.05) is 25.5 Å². The molecule has 2 spiro atoms. The van der Waals surface area contributed by atoms with E-state index < -0.39 is 22.0 Å². The van der Waals surface area contributed by atoms with Gasteiger partial charge in [0, 0.05) is 42.7 Å². The summed E-state index contributed by atoms with van der Waals surface area (Å²) in [4.78, 5) is 38.2. The third kappa shape index (κ3) is 2.75. The van der Waals surface area contributed by atoms with Gasteiger partial charge in [-0.3, -0.25) is 24.4 Å². The van der Waals surface area contributed by atoms with E-state index in [9.17, 15) is 14.0 Å². The van der Waals surface area contributed by atoms with Gasteiger partial charge in [-0.15, -0.1) is 0 Å². The molecule has 2 amide bonds. The number of benzene rings is 1. The van der Waals surface area contributed by atoms with E-state index >= 15 is 0 Å². The molecule has 1 aromatic carbocycles. The fourth-order valence-electron chi connectivity index (χ4n) is 5.91. The molecule has 0 unspecified atom stereocenters. The van der Waals surface area contributed by atoms with E-state index in [1.54, 1.807) is 37.5 Å². The Morgan fingerprint density at radius 2 is 2.00 bits per heavy atom. The van der Waals surface area contributed by atoms with Gasteiger partial charge in [0.25, 0.3) is 5.91 Å². The number of halogens is 1. The number of fused-ring (bicyclic) bond motifs is 3. The summed E-state index contributed by atoms with van der Waals surface area (Å²) in [6.07, 6.45) is 3.21. The molecule has 7 nitrogen and oxygen atoms in total. The number of furan rings is 1. The Kier molecular flexibility index (Phi) is 4.93. The number of carbonyl (C=O) groups is 2. The van der Waals surface area contributed by atoms with Gasteiger partial charge < -0.3 is 9.32 Å². The maximum absolute atomic E-state index is 14.7. The first-order chi connectivity index (χ1) is 16.8. The molecule has 5 heterocycles. The molecule has 3 aliphatic heterocycles. The minimum absolute atomic E-state index is 0.147. The number of nitrogens with zero attached hydrogens (tertiary/aromatic N) is 4. The smallest absolute Gasteiger partial charge is 0.254 e. The van der Waals surface area contributed by atoms with Gasteiger partial charge in [0.1, 0.15) is 20.6 Å². The average Bonchev–Trinajstić information content (AvgIpc) is 3.57. The van der Waals surface area contributed by atoms with Crippen LogP contribution in [0.15, 0.2) is 65.4 Å². The Balaban J connectivity index is 1.62. The average molecular weight is 509 g/mol. The first-order valence-corrected chi connectivity index (χ1v) is 12.3. The summed E-state index contributed by atoms with van der Waals surface area (Å²) in [5.74, 6) is -0.960. The number of pyridine rings is 1. The normalized spacial score (nSPS) is 28.2. The highest BCUT2D eigenvalue weighted by Gasteiger charge is 2.78. The summed E-state index contributed by atoms with van der Waals surface area (Å²) >= 11 is 6.95. The van der Waals surface area contributed by atoms with Gasteiger partial charge in [0.05, 0.1) is 12.8 Å². The molecule has 178 valence electrons. The van der Waals surface area contributed by atoms with E-state index in [0.717, 1.165) is 0 Å². The number of anilines is 1. The van der Waals surface area contributed by atoms with Crippen LogP contribution in [-0.4, -0.2) is 56.3 Å². The lowest BCUT2D eigenvalue weighted by atomic mass is 9.72. The number of likely N-dealkylation sites (tertiary alicyclic amines) is 1. The fourth-order valence-corrected chi connectivity index (χ4v) is 8.02. The Hall–Kier alpha value is -3.08. The topological polar surface area (TPSA) is 69.9 Å². The van der Waals surface area contributed by atoms with Crippen LogP contribution in [0.25, 0.3) is 0 Å². The van der Waals surface area contributed by atoms with Crippen molar-refractivity contribution in [1.29, 1.82) is 0 Å². The number of thioether (sulfide) groups is 1.